The summed E-state index contributed by atoms with van der Waals surface area (Å²) in [7, 11) is -3.06. The minimum atomic E-state index is -3.06. The Balaban J connectivity index is 2.30. The molecule has 0 N–H and O–H groups in total. The molecule has 7 heteroatoms. The third kappa shape index (κ3) is 3.47. The van der Waals surface area contributed by atoms with Gasteiger partial charge >= 0.3 is 0 Å². The molecule has 0 bridgehead atoms. The van der Waals surface area contributed by atoms with E-state index in [1.54, 1.807) is 30.7 Å². The van der Waals surface area contributed by atoms with Crippen LogP contribution in [0, 0.1) is 0 Å². The van der Waals surface area contributed by atoms with Gasteiger partial charge in [-0.15, -0.1) is 0 Å². The SMILES string of the molecule is CS(=O)(=O)CCn1cc(C=O)c(-c2cccnc2)n1. The van der Waals surface area contributed by atoms with Crippen molar-refractivity contribution in [3.8, 4) is 11.3 Å². The van der Waals surface area contributed by atoms with Gasteiger partial charge in [0.2, 0.25) is 0 Å². The number of nitrogens with zero attached hydrogens (tertiary/aromatic N) is 3. The standard InChI is InChI=1S/C12H13N3O3S/c1-19(17,18)6-5-15-8-11(9-16)12(14-15)10-3-2-4-13-7-10/h2-4,7-9H,5-6H2,1H3. The van der Waals surface area contributed by atoms with Crippen molar-refractivity contribution >= 4 is 16.1 Å². The van der Waals surface area contributed by atoms with Crippen LogP contribution in [0.3, 0.4) is 0 Å². The van der Waals surface area contributed by atoms with Crippen molar-refractivity contribution in [1.82, 2.24) is 14.8 Å². The molecule has 6 nitrogen and oxygen atoms in total. The molecule has 0 saturated carbocycles. The van der Waals surface area contributed by atoms with Gasteiger partial charge in [-0.2, -0.15) is 5.10 Å². The number of rotatable bonds is 5. The molecule has 2 heterocycles. The summed E-state index contributed by atoms with van der Waals surface area (Å²) < 4.78 is 23.7. The number of pyridine rings is 1. The molecule has 0 spiro atoms. The topological polar surface area (TPSA) is 81.9 Å². The second-order valence-electron chi connectivity index (χ2n) is 4.19. The summed E-state index contributed by atoms with van der Waals surface area (Å²) in [5.74, 6) is -0.0144. The van der Waals surface area contributed by atoms with E-state index in [1.807, 2.05) is 0 Å². The summed E-state index contributed by atoms with van der Waals surface area (Å²) in [5.41, 5.74) is 1.65. The highest BCUT2D eigenvalue weighted by molar-refractivity contribution is 7.90. The molecule has 0 radical (unpaired) electrons. The van der Waals surface area contributed by atoms with Gasteiger partial charge in [-0.3, -0.25) is 14.5 Å². The quantitative estimate of drug-likeness (QED) is 0.756. The second-order valence-corrected chi connectivity index (χ2v) is 6.45. The molecular weight excluding hydrogens is 266 g/mol. The van der Waals surface area contributed by atoms with E-state index < -0.39 is 9.84 Å². The Morgan fingerprint density at radius 2 is 2.21 bits per heavy atom. The van der Waals surface area contributed by atoms with E-state index in [0.717, 1.165) is 5.56 Å². The monoisotopic (exact) mass is 279 g/mol. The molecule has 2 aromatic heterocycles. The summed E-state index contributed by atoms with van der Waals surface area (Å²) in [4.78, 5) is 15.0. The van der Waals surface area contributed by atoms with Gasteiger partial charge in [-0.05, 0) is 12.1 Å². The van der Waals surface area contributed by atoms with Crippen LogP contribution in [0.4, 0.5) is 0 Å². The van der Waals surface area contributed by atoms with Crippen LogP contribution in [0.25, 0.3) is 11.3 Å². The lowest BCUT2D eigenvalue weighted by Gasteiger charge is -1.99. The summed E-state index contributed by atoms with van der Waals surface area (Å²) in [6, 6.07) is 3.54. The van der Waals surface area contributed by atoms with Crippen molar-refractivity contribution in [3.05, 3.63) is 36.3 Å². The maximum absolute atomic E-state index is 11.1. The van der Waals surface area contributed by atoms with Crippen LogP contribution in [0.5, 0.6) is 0 Å². The van der Waals surface area contributed by atoms with Gasteiger partial charge in [0, 0.05) is 30.4 Å². The van der Waals surface area contributed by atoms with Crippen molar-refractivity contribution < 1.29 is 13.2 Å². The smallest absolute Gasteiger partial charge is 0.153 e. The first-order valence-electron chi connectivity index (χ1n) is 5.60. The van der Waals surface area contributed by atoms with E-state index in [9.17, 15) is 13.2 Å². The van der Waals surface area contributed by atoms with Crippen molar-refractivity contribution in [2.75, 3.05) is 12.0 Å². The number of carbonyl (C=O) groups excluding carboxylic acids is 1. The van der Waals surface area contributed by atoms with E-state index in [2.05, 4.69) is 10.1 Å². The van der Waals surface area contributed by atoms with Gasteiger partial charge in [0.25, 0.3) is 0 Å². The molecule has 0 amide bonds. The molecular formula is C12H13N3O3S. The Bertz CT molecular complexity index is 678. The molecule has 0 aliphatic heterocycles. The molecule has 2 rings (SSSR count). The van der Waals surface area contributed by atoms with Gasteiger partial charge in [0.05, 0.1) is 17.9 Å². The minimum absolute atomic E-state index is 0.0144. The fourth-order valence-electron chi connectivity index (χ4n) is 1.62. The molecule has 0 saturated heterocycles. The Labute approximate surface area is 111 Å². The van der Waals surface area contributed by atoms with Crippen LogP contribution < -0.4 is 0 Å². The highest BCUT2D eigenvalue weighted by Crippen LogP contribution is 2.19. The average Bonchev–Trinajstić information content (AvgIpc) is 2.80. The Kier molecular flexibility index (Phi) is 3.75. The van der Waals surface area contributed by atoms with Gasteiger partial charge in [0.1, 0.15) is 15.5 Å². The number of hydrogen-bond donors (Lipinski definition) is 0. The van der Waals surface area contributed by atoms with E-state index in [4.69, 9.17) is 0 Å². The zero-order valence-electron chi connectivity index (χ0n) is 10.4. The highest BCUT2D eigenvalue weighted by atomic mass is 32.2. The molecule has 0 aliphatic rings. The highest BCUT2D eigenvalue weighted by Gasteiger charge is 2.11. The van der Waals surface area contributed by atoms with Gasteiger partial charge in [-0.1, -0.05) is 0 Å². The summed E-state index contributed by atoms with van der Waals surface area (Å²) in [5, 5.41) is 4.24. The van der Waals surface area contributed by atoms with Crippen LogP contribution in [0.1, 0.15) is 10.4 Å². The number of hydrogen-bond acceptors (Lipinski definition) is 5. The van der Waals surface area contributed by atoms with Crippen LogP contribution in [0.2, 0.25) is 0 Å². The summed E-state index contributed by atoms with van der Waals surface area (Å²) >= 11 is 0. The molecule has 0 atom stereocenters. The first-order valence-corrected chi connectivity index (χ1v) is 7.66. The predicted molar refractivity (Wildman–Crippen MR) is 70.6 cm³/mol. The number of sulfone groups is 1. The van der Waals surface area contributed by atoms with Gasteiger partial charge in [0.15, 0.2) is 6.29 Å². The number of aromatic nitrogens is 3. The van der Waals surface area contributed by atoms with Crippen LogP contribution in [0.15, 0.2) is 30.7 Å². The lowest BCUT2D eigenvalue weighted by Crippen LogP contribution is -2.11. The maximum atomic E-state index is 11.1. The van der Waals surface area contributed by atoms with Crippen molar-refractivity contribution in [2.45, 2.75) is 6.54 Å². The normalized spacial score (nSPS) is 11.4. The Hall–Kier alpha value is -2.02. The molecule has 19 heavy (non-hydrogen) atoms. The fourth-order valence-corrected chi connectivity index (χ4v) is 2.14. The third-order valence-electron chi connectivity index (χ3n) is 2.54. The van der Waals surface area contributed by atoms with Crippen LogP contribution >= 0.6 is 0 Å². The molecule has 0 aliphatic carbocycles. The Morgan fingerprint density at radius 1 is 1.42 bits per heavy atom. The average molecular weight is 279 g/mol. The molecule has 100 valence electrons. The first-order chi connectivity index (χ1) is 8.99. The van der Waals surface area contributed by atoms with Gasteiger partial charge < -0.3 is 0 Å². The largest absolute Gasteiger partial charge is 0.298 e. The third-order valence-corrected chi connectivity index (χ3v) is 3.47. The molecule has 2 aromatic rings. The summed E-state index contributed by atoms with van der Waals surface area (Å²) in [6.07, 6.45) is 6.65. The van der Waals surface area contributed by atoms with Crippen molar-refractivity contribution in [1.29, 1.82) is 0 Å². The predicted octanol–water partition coefficient (Wildman–Crippen LogP) is 0.802. The first kappa shape index (κ1) is 13.4. The number of aryl methyl sites for hydroxylation is 1. The van der Waals surface area contributed by atoms with Crippen LogP contribution in [-0.4, -0.2) is 41.5 Å². The van der Waals surface area contributed by atoms with E-state index in [0.29, 0.717) is 17.5 Å². The van der Waals surface area contributed by atoms with Crippen LogP contribution in [-0.2, 0) is 16.4 Å². The minimum Gasteiger partial charge on any atom is -0.298 e. The number of carbonyl (C=O) groups is 1. The zero-order valence-corrected chi connectivity index (χ0v) is 11.2. The number of aldehydes is 1. The molecule has 0 aromatic carbocycles. The zero-order chi connectivity index (χ0) is 13.9. The molecule has 0 unspecified atom stereocenters. The fraction of sp³-hybridized carbons (Fsp3) is 0.250. The lowest BCUT2D eigenvalue weighted by atomic mass is 10.1. The van der Waals surface area contributed by atoms with E-state index in [-0.39, 0.29) is 12.3 Å². The Morgan fingerprint density at radius 3 is 2.79 bits per heavy atom. The summed E-state index contributed by atoms with van der Waals surface area (Å²) in [6.45, 7) is 0.222. The van der Waals surface area contributed by atoms with Gasteiger partial charge in [-0.25, -0.2) is 8.42 Å². The second kappa shape index (κ2) is 5.31. The van der Waals surface area contributed by atoms with Crippen molar-refractivity contribution in [3.63, 3.8) is 0 Å². The van der Waals surface area contributed by atoms with E-state index in [1.165, 1.54) is 10.9 Å². The molecule has 0 fully saturated rings. The van der Waals surface area contributed by atoms with E-state index >= 15 is 0 Å². The van der Waals surface area contributed by atoms with Crippen molar-refractivity contribution in [2.24, 2.45) is 0 Å². The lowest BCUT2D eigenvalue weighted by molar-refractivity contribution is 0.112. The maximum Gasteiger partial charge on any atom is 0.153 e.